The Morgan fingerprint density at radius 2 is 2.09 bits per heavy atom. The third-order valence-electron chi connectivity index (χ3n) is 1.38. The van der Waals surface area contributed by atoms with E-state index in [2.05, 4.69) is 5.32 Å². The molecule has 1 rings (SSSR count). The van der Waals surface area contributed by atoms with Gasteiger partial charge in [-0.05, 0) is 19.1 Å². The molecule has 0 aliphatic rings. The van der Waals surface area contributed by atoms with Crippen molar-refractivity contribution in [1.82, 2.24) is 0 Å². The minimum Gasteiger partial charge on any atom is -0.504 e. The summed E-state index contributed by atoms with van der Waals surface area (Å²) >= 11 is 0. The number of phenols is 2. The Hall–Kier alpha value is -1.38. The zero-order chi connectivity index (χ0) is 8.27. The van der Waals surface area contributed by atoms with Gasteiger partial charge in [-0.15, -0.1) is 0 Å². The molecule has 3 nitrogen and oxygen atoms in total. The van der Waals surface area contributed by atoms with Gasteiger partial charge in [-0.1, -0.05) is 6.07 Å². The van der Waals surface area contributed by atoms with Crippen LogP contribution in [0.1, 0.15) is 6.92 Å². The minimum absolute atomic E-state index is 0.0886. The summed E-state index contributed by atoms with van der Waals surface area (Å²) < 4.78 is 0. The van der Waals surface area contributed by atoms with Crippen molar-refractivity contribution in [1.29, 1.82) is 0 Å². The monoisotopic (exact) mass is 153 g/mol. The second kappa shape index (κ2) is 3.14. The van der Waals surface area contributed by atoms with Gasteiger partial charge in [0.15, 0.2) is 11.5 Å². The highest BCUT2D eigenvalue weighted by Crippen LogP contribution is 2.31. The van der Waals surface area contributed by atoms with E-state index in [9.17, 15) is 5.11 Å². The topological polar surface area (TPSA) is 52.5 Å². The van der Waals surface area contributed by atoms with E-state index < -0.39 is 0 Å². The fourth-order valence-electron chi connectivity index (χ4n) is 0.864. The van der Waals surface area contributed by atoms with Gasteiger partial charge in [0.1, 0.15) is 0 Å². The van der Waals surface area contributed by atoms with Crippen LogP contribution in [0.2, 0.25) is 0 Å². The Kier molecular flexibility index (Phi) is 2.21. The van der Waals surface area contributed by atoms with Gasteiger partial charge < -0.3 is 15.5 Å². The van der Waals surface area contributed by atoms with E-state index in [-0.39, 0.29) is 11.5 Å². The number of rotatable bonds is 2. The average molecular weight is 153 g/mol. The summed E-state index contributed by atoms with van der Waals surface area (Å²) in [5, 5.41) is 21.2. The van der Waals surface area contributed by atoms with Crippen LogP contribution in [0.4, 0.5) is 5.69 Å². The van der Waals surface area contributed by atoms with Gasteiger partial charge in [-0.25, -0.2) is 0 Å². The van der Waals surface area contributed by atoms with Gasteiger partial charge in [-0.2, -0.15) is 0 Å². The summed E-state index contributed by atoms with van der Waals surface area (Å²) in [5.74, 6) is -0.183. The van der Waals surface area contributed by atoms with Gasteiger partial charge >= 0.3 is 0 Å². The molecule has 0 radical (unpaired) electrons. The molecule has 3 N–H and O–H groups in total. The number of hydrogen-bond donors (Lipinski definition) is 3. The van der Waals surface area contributed by atoms with Crippen LogP contribution in [-0.2, 0) is 0 Å². The summed E-state index contributed by atoms with van der Waals surface area (Å²) in [5.41, 5.74) is 0.563. The number of benzene rings is 1. The van der Waals surface area contributed by atoms with Crippen molar-refractivity contribution in [3.8, 4) is 11.5 Å². The van der Waals surface area contributed by atoms with Crippen LogP contribution in [0.3, 0.4) is 0 Å². The van der Waals surface area contributed by atoms with Crippen molar-refractivity contribution in [2.75, 3.05) is 11.9 Å². The molecule has 0 amide bonds. The largest absolute Gasteiger partial charge is 0.504 e. The number of hydrogen-bond acceptors (Lipinski definition) is 3. The first kappa shape index (κ1) is 7.72. The van der Waals surface area contributed by atoms with Gasteiger partial charge in [0.2, 0.25) is 0 Å². The van der Waals surface area contributed by atoms with E-state index in [1.165, 1.54) is 6.07 Å². The molecular formula is C8H11NO2. The van der Waals surface area contributed by atoms with Gasteiger partial charge in [-0.3, -0.25) is 0 Å². The number of nitrogens with one attached hydrogen (secondary N) is 1. The molecule has 0 fully saturated rings. The number of aromatic hydroxyl groups is 2. The Morgan fingerprint density at radius 1 is 1.36 bits per heavy atom. The lowest BCUT2D eigenvalue weighted by atomic mass is 10.2. The molecule has 0 atom stereocenters. The third-order valence-corrected chi connectivity index (χ3v) is 1.38. The maximum absolute atomic E-state index is 9.22. The summed E-state index contributed by atoms with van der Waals surface area (Å²) in [4.78, 5) is 0. The van der Waals surface area contributed by atoms with E-state index in [1.54, 1.807) is 12.1 Å². The Bertz CT molecular complexity index is 248. The highest BCUT2D eigenvalue weighted by atomic mass is 16.3. The van der Waals surface area contributed by atoms with E-state index in [0.717, 1.165) is 6.54 Å². The number of phenolic OH excluding ortho intramolecular Hbond substituents is 2. The van der Waals surface area contributed by atoms with Crippen molar-refractivity contribution in [2.45, 2.75) is 6.92 Å². The molecule has 0 aromatic heterocycles. The molecule has 0 saturated carbocycles. The SMILES string of the molecule is CCNc1cccc(O)c1O. The molecule has 0 aliphatic carbocycles. The molecule has 3 heteroatoms. The third kappa shape index (κ3) is 1.55. The number of anilines is 1. The molecule has 0 bridgehead atoms. The second-order valence-electron chi connectivity index (χ2n) is 2.20. The first-order valence-corrected chi connectivity index (χ1v) is 3.50. The Balaban J connectivity index is 2.96. The van der Waals surface area contributed by atoms with Crippen LogP contribution in [-0.4, -0.2) is 16.8 Å². The maximum Gasteiger partial charge on any atom is 0.181 e. The normalized spacial score (nSPS) is 9.55. The van der Waals surface area contributed by atoms with E-state index in [4.69, 9.17) is 5.11 Å². The Labute approximate surface area is 65.3 Å². The van der Waals surface area contributed by atoms with Crippen molar-refractivity contribution < 1.29 is 10.2 Å². The standard InChI is InChI=1S/C8H11NO2/c1-2-9-6-4-3-5-7(10)8(6)11/h3-5,9-11H,2H2,1H3. The van der Waals surface area contributed by atoms with E-state index >= 15 is 0 Å². The molecule has 0 spiro atoms. The highest BCUT2D eigenvalue weighted by Gasteiger charge is 2.02. The van der Waals surface area contributed by atoms with E-state index in [0.29, 0.717) is 5.69 Å². The quantitative estimate of drug-likeness (QED) is 0.565. The van der Waals surface area contributed by atoms with Crippen LogP contribution in [0.5, 0.6) is 11.5 Å². The lowest BCUT2D eigenvalue weighted by Crippen LogP contribution is -1.95. The van der Waals surface area contributed by atoms with Crippen LogP contribution in [0.15, 0.2) is 18.2 Å². The number of para-hydroxylation sites is 1. The maximum atomic E-state index is 9.22. The summed E-state index contributed by atoms with van der Waals surface area (Å²) in [7, 11) is 0. The van der Waals surface area contributed by atoms with Crippen LogP contribution in [0, 0.1) is 0 Å². The minimum atomic E-state index is -0.0940. The molecular weight excluding hydrogens is 142 g/mol. The van der Waals surface area contributed by atoms with Gasteiger partial charge in [0.05, 0.1) is 5.69 Å². The summed E-state index contributed by atoms with van der Waals surface area (Å²) in [6, 6.07) is 4.82. The zero-order valence-electron chi connectivity index (χ0n) is 6.33. The fraction of sp³-hybridized carbons (Fsp3) is 0.250. The lowest BCUT2D eigenvalue weighted by molar-refractivity contribution is 0.405. The van der Waals surface area contributed by atoms with Crippen molar-refractivity contribution in [3.63, 3.8) is 0 Å². The molecule has 0 unspecified atom stereocenters. The predicted octanol–water partition coefficient (Wildman–Crippen LogP) is 1.53. The first-order chi connectivity index (χ1) is 5.25. The predicted molar refractivity (Wildman–Crippen MR) is 43.9 cm³/mol. The zero-order valence-corrected chi connectivity index (χ0v) is 6.33. The van der Waals surface area contributed by atoms with Crippen LogP contribution >= 0.6 is 0 Å². The molecule has 1 aromatic rings. The van der Waals surface area contributed by atoms with Crippen molar-refractivity contribution >= 4 is 5.69 Å². The molecule has 1 aromatic carbocycles. The average Bonchev–Trinajstić information content (AvgIpc) is 1.99. The molecule has 0 aliphatic heterocycles. The molecule has 0 heterocycles. The van der Waals surface area contributed by atoms with Gasteiger partial charge in [0, 0.05) is 6.54 Å². The van der Waals surface area contributed by atoms with Gasteiger partial charge in [0.25, 0.3) is 0 Å². The Morgan fingerprint density at radius 3 is 2.73 bits per heavy atom. The summed E-state index contributed by atoms with van der Waals surface area (Å²) in [6.07, 6.45) is 0. The molecule has 0 saturated heterocycles. The smallest absolute Gasteiger partial charge is 0.181 e. The summed E-state index contributed by atoms with van der Waals surface area (Å²) in [6.45, 7) is 2.64. The molecule has 60 valence electrons. The lowest BCUT2D eigenvalue weighted by Gasteiger charge is -2.05. The fourth-order valence-corrected chi connectivity index (χ4v) is 0.864. The van der Waals surface area contributed by atoms with Crippen molar-refractivity contribution in [2.24, 2.45) is 0 Å². The molecule has 11 heavy (non-hydrogen) atoms. The highest BCUT2D eigenvalue weighted by molar-refractivity contribution is 5.61. The first-order valence-electron chi connectivity index (χ1n) is 3.50. The van der Waals surface area contributed by atoms with Crippen LogP contribution < -0.4 is 5.32 Å². The van der Waals surface area contributed by atoms with E-state index in [1.807, 2.05) is 6.92 Å². The van der Waals surface area contributed by atoms with Crippen LogP contribution in [0.25, 0.3) is 0 Å². The van der Waals surface area contributed by atoms with Crippen molar-refractivity contribution in [3.05, 3.63) is 18.2 Å². The second-order valence-corrected chi connectivity index (χ2v) is 2.20.